The zero-order chi connectivity index (χ0) is 13.1. The summed E-state index contributed by atoms with van der Waals surface area (Å²) in [6.45, 7) is 0. The van der Waals surface area contributed by atoms with E-state index in [4.69, 9.17) is 28.3 Å². The number of halogens is 2. The molecule has 2 aromatic rings. The predicted octanol–water partition coefficient (Wildman–Crippen LogP) is 4.44. The number of carbonyl (C=O) groups is 1. The van der Waals surface area contributed by atoms with Gasteiger partial charge in [-0.2, -0.15) is 0 Å². The molecule has 0 fully saturated rings. The predicted molar refractivity (Wildman–Crippen MR) is 73.1 cm³/mol. The number of hydrogen-bond donors (Lipinski definition) is 2. The second-order valence-corrected chi connectivity index (χ2v) is 4.45. The van der Waals surface area contributed by atoms with Gasteiger partial charge in [-0.1, -0.05) is 41.4 Å². The Kier molecular flexibility index (Phi) is 3.75. The van der Waals surface area contributed by atoms with Crippen molar-refractivity contribution in [2.24, 2.45) is 0 Å². The fourth-order valence-electron chi connectivity index (χ4n) is 1.54. The molecule has 0 amide bonds. The monoisotopic (exact) mass is 281 g/mol. The average Bonchev–Trinajstić information content (AvgIpc) is 2.33. The normalized spacial score (nSPS) is 10.1. The van der Waals surface area contributed by atoms with Crippen LogP contribution < -0.4 is 5.32 Å². The minimum atomic E-state index is -1.09. The molecule has 0 bridgehead atoms. The van der Waals surface area contributed by atoms with Gasteiger partial charge in [-0.3, -0.25) is 0 Å². The van der Waals surface area contributed by atoms with Gasteiger partial charge >= 0.3 is 5.97 Å². The van der Waals surface area contributed by atoms with Gasteiger partial charge in [0.25, 0.3) is 0 Å². The highest BCUT2D eigenvalue weighted by molar-refractivity contribution is 6.37. The molecule has 0 saturated heterocycles. The van der Waals surface area contributed by atoms with Crippen LogP contribution in [0.4, 0.5) is 11.4 Å². The standard InChI is InChI=1S/C13H9Cl2NO2/c14-8-6-10(13(17)18)12(11(15)7-8)16-9-4-2-1-3-5-9/h1-7,16H,(H,17,18). The van der Waals surface area contributed by atoms with Crippen molar-refractivity contribution in [1.82, 2.24) is 0 Å². The summed E-state index contributed by atoms with van der Waals surface area (Å²) in [6.07, 6.45) is 0. The maximum absolute atomic E-state index is 11.2. The summed E-state index contributed by atoms with van der Waals surface area (Å²) in [4.78, 5) is 11.2. The van der Waals surface area contributed by atoms with Gasteiger partial charge in [0.05, 0.1) is 16.3 Å². The van der Waals surface area contributed by atoms with Gasteiger partial charge in [0, 0.05) is 10.7 Å². The van der Waals surface area contributed by atoms with E-state index in [1.165, 1.54) is 12.1 Å². The van der Waals surface area contributed by atoms with Crippen molar-refractivity contribution in [2.45, 2.75) is 0 Å². The molecule has 0 spiro atoms. The van der Waals surface area contributed by atoms with Crippen molar-refractivity contribution in [1.29, 1.82) is 0 Å². The van der Waals surface area contributed by atoms with Crippen molar-refractivity contribution < 1.29 is 9.90 Å². The molecule has 0 unspecified atom stereocenters. The Balaban J connectivity index is 2.47. The number of anilines is 2. The second kappa shape index (κ2) is 5.29. The molecule has 0 aliphatic heterocycles. The van der Waals surface area contributed by atoms with Gasteiger partial charge in [-0.25, -0.2) is 4.79 Å². The van der Waals surface area contributed by atoms with Crippen molar-refractivity contribution >= 4 is 40.5 Å². The molecule has 2 aromatic carbocycles. The smallest absolute Gasteiger partial charge is 0.337 e. The Bertz CT molecular complexity index is 585. The van der Waals surface area contributed by atoms with E-state index in [0.29, 0.717) is 5.69 Å². The molecule has 5 heteroatoms. The molecule has 2 N–H and O–H groups in total. The van der Waals surface area contributed by atoms with Crippen LogP contribution in [0.1, 0.15) is 10.4 Å². The minimum Gasteiger partial charge on any atom is -0.478 e. The van der Waals surface area contributed by atoms with E-state index in [1.807, 2.05) is 30.3 Å². The van der Waals surface area contributed by atoms with Crippen molar-refractivity contribution in [3.8, 4) is 0 Å². The van der Waals surface area contributed by atoms with Gasteiger partial charge in [0.1, 0.15) is 0 Å². The number of aromatic carboxylic acids is 1. The third kappa shape index (κ3) is 2.75. The average molecular weight is 282 g/mol. The number of benzene rings is 2. The molecule has 3 nitrogen and oxygen atoms in total. The fraction of sp³-hybridized carbons (Fsp3) is 0. The molecule has 0 aliphatic rings. The molecule has 2 rings (SSSR count). The number of rotatable bonds is 3. The highest BCUT2D eigenvalue weighted by Gasteiger charge is 2.15. The van der Waals surface area contributed by atoms with Gasteiger partial charge in [-0.15, -0.1) is 0 Å². The number of nitrogens with one attached hydrogen (secondary N) is 1. The van der Waals surface area contributed by atoms with Crippen LogP contribution >= 0.6 is 23.2 Å². The lowest BCUT2D eigenvalue weighted by atomic mass is 10.1. The maximum atomic E-state index is 11.2. The summed E-state index contributed by atoms with van der Waals surface area (Å²) < 4.78 is 0. The van der Waals surface area contributed by atoms with Crippen LogP contribution in [0.5, 0.6) is 0 Å². The van der Waals surface area contributed by atoms with E-state index in [2.05, 4.69) is 5.32 Å². The van der Waals surface area contributed by atoms with E-state index in [-0.39, 0.29) is 15.6 Å². The molecule has 18 heavy (non-hydrogen) atoms. The lowest BCUT2D eigenvalue weighted by Gasteiger charge is -2.12. The molecule has 92 valence electrons. The summed E-state index contributed by atoms with van der Waals surface area (Å²) in [7, 11) is 0. The first kappa shape index (κ1) is 12.7. The van der Waals surface area contributed by atoms with Crippen molar-refractivity contribution in [3.05, 3.63) is 58.1 Å². The highest BCUT2D eigenvalue weighted by Crippen LogP contribution is 2.32. The Morgan fingerprint density at radius 3 is 2.39 bits per heavy atom. The molecule has 0 aliphatic carbocycles. The highest BCUT2D eigenvalue weighted by atomic mass is 35.5. The first-order valence-electron chi connectivity index (χ1n) is 5.12. The lowest BCUT2D eigenvalue weighted by Crippen LogP contribution is -2.03. The van der Waals surface area contributed by atoms with Crippen molar-refractivity contribution in [2.75, 3.05) is 5.32 Å². The molecular formula is C13H9Cl2NO2. The van der Waals surface area contributed by atoms with Crippen LogP contribution in [0.15, 0.2) is 42.5 Å². The van der Waals surface area contributed by atoms with E-state index in [1.54, 1.807) is 0 Å². The topological polar surface area (TPSA) is 49.3 Å². The summed E-state index contributed by atoms with van der Waals surface area (Å²) >= 11 is 11.8. The summed E-state index contributed by atoms with van der Waals surface area (Å²) in [5.41, 5.74) is 1.13. The van der Waals surface area contributed by atoms with Crippen LogP contribution in [0.3, 0.4) is 0 Å². The van der Waals surface area contributed by atoms with Crippen molar-refractivity contribution in [3.63, 3.8) is 0 Å². The quantitative estimate of drug-likeness (QED) is 0.875. The SMILES string of the molecule is O=C(O)c1cc(Cl)cc(Cl)c1Nc1ccccc1. The van der Waals surface area contributed by atoms with Crippen LogP contribution in [-0.4, -0.2) is 11.1 Å². The van der Waals surface area contributed by atoms with Gasteiger partial charge in [0.15, 0.2) is 0 Å². The summed E-state index contributed by atoms with van der Waals surface area (Å²) in [5, 5.41) is 12.7. The van der Waals surface area contributed by atoms with Crippen LogP contribution in [0.25, 0.3) is 0 Å². The maximum Gasteiger partial charge on any atom is 0.337 e. The Morgan fingerprint density at radius 2 is 1.78 bits per heavy atom. The van der Waals surface area contributed by atoms with Gasteiger partial charge in [0.2, 0.25) is 0 Å². The second-order valence-electron chi connectivity index (χ2n) is 3.61. The number of carboxylic acid groups (broad SMARTS) is 1. The van der Waals surface area contributed by atoms with E-state index >= 15 is 0 Å². The molecule has 0 radical (unpaired) electrons. The summed E-state index contributed by atoms with van der Waals surface area (Å²) in [6, 6.07) is 12.0. The fourth-order valence-corrected chi connectivity index (χ4v) is 2.08. The molecule has 0 atom stereocenters. The molecule has 0 aromatic heterocycles. The molecule has 0 heterocycles. The summed E-state index contributed by atoms with van der Waals surface area (Å²) in [5.74, 6) is -1.09. The van der Waals surface area contributed by atoms with Crippen LogP contribution in [0, 0.1) is 0 Å². The first-order chi connectivity index (χ1) is 8.58. The Labute approximate surface area is 114 Å². The molecular weight excluding hydrogens is 273 g/mol. The first-order valence-corrected chi connectivity index (χ1v) is 5.88. The Morgan fingerprint density at radius 1 is 1.11 bits per heavy atom. The number of hydrogen-bond acceptors (Lipinski definition) is 2. The zero-order valence-corrected chi connectivity index (χ0v) is 10.7. The third-order valence-corrected chi connectivity index (χ3v) is 2.84. The minimum absolute atomic E-state index is 0.0383. The zero-order valence-electron chi connectivity index (χ0n) is 9.15. The lowest BCUT2D eigenvalue weighted by molar-refractivity contribution is 0.0698. The Hall–Kier alpha value is -1.71. The van der Waals surface area contributed by atoms with Gasteiger partial charge < -0.3 is 10.4 Å². The van der Waals surface area contributed by atoms with Crippen LogP contribution in [-0.2, 0) is 0 Å². The number of para-hydroxylation sites is 1. The van der Waals surface area contributed by atoms with E-state index in [9.17, 15) is 4.79 Å². The third-order valence-electron chi connectivity index (χ3n) is 2.33. The van der Waals surface area contributed by atoms with Gasteiger partial charge in [-0.05, 0) is 24.3 Å². The number of carboxylic acids is 1. The van der Waals surface area contributed by atoms with E-state index in [0.717, 1.165) is 5.69 Å². The molecule has 0 saturated carbocycles. The van der Waals surface area contributed by atoms with E-state index < -0.39 is 5.97 Å². The van der Waals surface area contributed by atoms with Crippen LogP contribution in [0.2, 0.25) is 10.0 Å². The largest absolute Gasteiger partial charge is 0.478 e.